The molecule has 3 aromatic heterocycles. The van der Waals surface area contributed by atoms with Gasteiger partial charge in [0.05, 0.1) is 63.5 Å². The van der Waals surface area contributed by atoms with E-state index in [4.69, 9.17) is 89.2 Å². The fraction of sp³-hybridized carbons (Fsp3) is 0.559. The van der Waals surface area contributed by atoms with Gasteiger partial charge < -0.3 is 50.7 Å². The minimum Gasteiger partial charge on any atom is -0.478 e. The number of carboxylic acids is 1. The number of ether oxygens (including phenoxy) is 1. The van der Waals surface area contributed by atoms with Crippen LogP contribution in [0.15, 0.2) is 95.9 Å². The average molecular weight is 1980 g/mol. The molecule has 9 saturated heterocycles. The highest BCUT2D eigenvalue weighted by atomic mass is 79.9. The van der Waals surface area contributed by atoms with E-state index in [2.05, 4.69) is 77.4 Å². The summed E-state index contributed by atoms with van der Waals surface area (Å²) in [6.07, 6.45) is 28.2. The van der Waals surface area contributed by atoms with Crippen molar-refractivity contribution in [3.8, 4) is 0 Å². The lowest BCUT2D eigenvalue weighted by molar-refractivity contribution is -0.140. The molecule has 12 heterocycles. The number of aromatic nitrogens is 3. The maximum absolute atomic E-state index is 13.6. The van der Waals surface area contributed by atoms with Crippen LogP contribution >= 0.6 is 73.9 Å². The van der Waals surface area contributed by atoms with E-state index in [1.807, 2.05) is 64.5 Å². The molecule has 6 aromatic rings. The number of carbonyl (C=O) groups is 8. The van der Waals surface area contributed by atoms with Crippen molar-refractivity contribution in [3.05, 3.63) is 188 Å². The topological polar surface area (TPSA) is 289 Å². The number of hydrogen-bond acceptors (Lipinski definition) is 16. The van der Waals surface area contributed by atoms with Gasteiger partial charge in [-0.05, 0) is 311 Å². The van der Waals surface area contributed by atoms with Crippen molar-refractivity contribution in [2.75, 3.05) is 131 Å². The number of piperidine rings is 8. The van der Waals surface area contributed by atoms with Crippen LogP contribution in [0.25, 0.3) is 23.3 Å². The van der Waals surface area contributed by atoms with Gasteiger partial charge in [-0.2, -0.15) is 0 Å². The summed E-state index contributed by atoms with van der Waals surface area (Å²) < 4.78 is 6.19. The van der Waals surface area contributed by atoms with E-state index in [0.29, 0.717) is 147 Å². The minimum absolute atomic E-state index is 0.147. The number of carboxylic acid groups (broad SMARTS) is 1. The van der Waals surface area contributed by atoms with E-state index in [1.165, 1.54) is 29.5 Å². The summed E-state index contributed by atoms with van der Waals surface area (Å²) in [7, 11) is 1.38. The van der Waals surface area contributed by atoms with Crippen molar-refractivity contribution < 1.29 is 48.2 Å². The molecule has 25 nitrogen and oxygen atoms in total. The maximum Gasteiger partial charge on any atom is 0.338 e. The zero-order valence-corrected chi connectivity index (χ0v) is 82.3. The van der Waals surface area contributed by atoms with Crippen LogP contribution in [0, 0.1) is 47.3 Å². The summed E-state index contributed by atoms with van der Waals surface area (Å²) in [4.78, 5) is 136. The molecule has 0 bridgehead atoms. The molecule has 18 rings (SSSR count). The van der Waals surface area contributed by atoms with Gasteiger partial charge in [-0.3, -0.25) is 53.7 Å². The number of amides is 8. The Labute approximate surface area is 815 Å². The van der Waals surface area contributed by atoms with Crippen molar-refractivity contribution in [1.82, 2.24) is 64.0 Å². The molecule has 3 aromatic carbocycles. The van der Waals surface area contributed by atoms with E-state index in [1.54, 1.807) is 47.3 Å². The Morgan fingerprint density at radius 3 is 1.26 bits per heavy atom. The summed E-state index contributed by atoms with van der Waals surface area (Å²) in [6, 6.07) is 23.5. The zero-order valence-electron chi connectivity index (χ0n) is 77.0. The molecule has 133 heavy (non-hydrogen) atoms. The van der Waals surface area contributed by atoms with Crippen LogP contribution in [0.1, 0.15) is 228 Å². The Morgan fingerprint density at radius 1 is 0.429 bits per heavy atom. The minimum atomic E-state index is -1.03. The van der Waals surface area contributed by atoms with E-state index in [0.717, 1.165) is 251 Å². The predicted octanol–water partition coefficient (Wildman–Crippen LogP) is 17.2. The summed E-state index contributed by atoms with van der Waals surface area (Å²) in [5, 5.41) is 12.9. The maximum atomic E-state index is 13.6. The summed E-state index contributed by atoms with van der Waals surface area (Å²) in [5.41, 5.74) is 23.0. The highest BCUT2D eigenvalue weighted by Gasteiger charge is 2.44. The van der Waals surface area contributed by atoms with Gasteiger partial charge >= 0.3 is 24.0 Å². The number of pyridine rings is 3. The third-order valence-electron chi connectivity index (χ3n) is 31.3. The molecular weight excluding hydrogens is 1850 g/mol. The number of urea groups is 2. The first kappa shape index (κ1) is 97.8. The molecular formula is C102H127BrCl5N15O10. The number of aryl methyl sites for hydroxylation is 2. The normalized spacial score (nSPS) is 22.7. The molecule has 0 radical (unpaired) electrons. The number of hydrogen-bond donors (Lipinski definition) is 3. The highest BCUT2D eigenvalue weighted by molar-refractivity contribution is 9.10. The molecule has 12 aliphatic rings. The number of nitrogens with two attached hydrogens (primary N) is 2. The smallest absolute Gasteiger partial charge is 0.338 e. The Bertz CT molecular complexity index is 5260. The van der Waals surface area contributed by atoms with Gasteiger partial charge in [-0.25, -0.2) is 19.2 Å². The molecule has 9 fully saturated rings. The van der Waals surface area contributed by atoms with Crippen molar-refractivity contribution in [2.45, 2.75) is 186 Å². The van der Waals surface area contributed by atoms with E-state index < -0.39 is 11.9 Å². The van der Waals surface area contributed by atoms with Gasteiger partial charge in [0, 0.05) is 186 Å². The third-order valence-corrected chi connectivity index (χ3v) is 32.9. The van der Waals surface area contributed by atoms with Crippen LogP contribution in [-0.2, 0) is 46.3 Å². The number of halogens is 6. The SMILES string of the molecule is CC(=O)N1CCC(CC(=O)N2CCN(C3CCN(C4c5ccc(Cl)cc5CCc5cc(Br)cnc54)CC3)CC2C(C)C)CC1.COC(=O)C1=Cc2cc(Cl)ccc2C(N2CCC(C3CCN(C(=O)CC4CCN(C(N)=O)CC4)CC3)CC2)c2ncc(Cl)cc21.NC(=O)N1CCC(CC(=O)N2CCC(C3CCN(C4c5ccc(Cl)cc5C=C(C(=O)O)c5cc(Cl)cnc54)CC3)CC2)CC1. The Morgan fingerprint density at radius 2 is 0.820 bits per heavy atom. The lowest BCUT2D eigenvalue weighted by atomic mass is 9.78. The number of carbonyl (C=O) groups excluding carboxylic acids is 7. The summed E-state index contributed by atoms with van der Waals surface area (Å²) in [5.74, 6) is 3.31. The highest BCUT2D eigenvalue weighted by Crippen LogP contribution is 2.48. The lowest BCUT2D eigenvalue weighted by Crippen LogP contribution is -2.60. The van der Waals surface area contributed by atoms with Gasteiger partial charge in [0.2, 0.25) is 23.6 Å². The van der Waals surface area contributed by atoms with Crippen LogP contribution in [0.2, 0.25) is 25.1 Å². The average Bonchev–Trinajstić information content (AvgIpc) is 1.64. The van der Waals surface area contributed by atoms with E-state index >= 15 is 0 Å². The van der Waals surface area contributed by atoms with Crippen LogP contribution < -0.4 is 11.5 Å². The van der Waals surface area contributed by atoms with Crippen LogP contribution in [-0.4, -0.2) is 260 Å². The lowest BCUT2D eigenvalue weighted by Gasteiger charge is -2.48. The first-order chi connectivity index (χ1) is 64.1. The number of esters is 1. The van der Waals surface area contributed by atoms with Gasteiger partial charge in [-0.15, -0.1) is 0 Å². The zero-order chi connectivity index (χ0) is 93.6. The molecule has 4 unspecified atom stereocenters. The Hall–Kier alpha value is -8.28. The standard InChI is InChI=1S/C35H47BrClN5O2.C34H41Cl2N5O4.C33H39Cl2N5O4/c1-23(2)32-22-41(16-17-42(32)33(44)18-25-8-12-39(13-9-25)24(3)43)30-10-14-40(15-11-30)35-31-7-6-29(37)20-26(31)4-5-27-19-28(36)21-38-34(27)35;1-45-33(43)29-18-24-17-25(35)2-3-27(24)32(31-28(29)19-26(36)20-38-31)40-14-8-23(9-15-40)22-6-12-39(13-7-22)30(42)16-21-4-10-41(11-5-21)34(37)44;34-24-1-2-26-23(16-24)17-28(32(42)43)27-18-25(35)19-37-30(27)31(26)39-13-7-22(8-14-39)21-5-11-38(12-6-21)29(41)15-20-3-9-40(10-4-20)33(36)44/h6-7,19-21,23,25,30,32,35H,4-5,8-18,22H2,1-3H3;2-3,17-23,32H,4-16H2,1H3,(H2,37,44);1-2,16-22,31H,3-15H2,(H2,36,44)(H,42,43). The fourth-order valence-electron chi connectivity index (χ4n) is 23.7. The molecule has 5 N–H and O–H groups in total. The second-order valence-electron chi connectivity index (χ2n) is 39.3. The van der Waals surface area contributed by atoms with Crippen LogP contribution in [0.4, 0.5) is 9.59 Å². The largest absolute Gasteiger partial charge is 0.478 e. The van der Waals surface area contributed by atoms with Crippen LogP contribution in [0.3, 0.4) is 0 Å². The second-order valence-corrected chi connectivity index (χ2v) is 42.4. The second kappa shape index (κ2) is 44.0. The Balaban J connectivity index is 0.000000145. The molecule has 0 saturated carbocycles. The van der Waals surface area contributed by atoms with Gasteiger partial charge in [-0.1, -0.05) is 90.1 Å². The van der Waals surface area contributed by atoms with Crippen molar-refractivity contribution >= 4 is 145 Å². The number of methoxy groups -OCH3 is 1. The van der Waals surface area contributed by atoms with Crippen molar-refractivity contribution in [3.63, 3.8) is 0 Å². The van der Waals surface area contributed by atoms with E-state index in [9.17, 15) is 43.5 Å². The number of piperazine rings is 1. The van der Waals surface area contributed by atoms with E-state index in [-0.39, 0.29) is 59.5 Å². The first-order valence-corrected chi connectivity index (χ1v) is 51.0. The van der Waals surface area contributed by atoms with Crippen molar-refractivity contribution in [1.29, 1.82) is 0 Å². The number of aliphatic carboxylic acids is 1. The number of primary amides is 2. The quantitative estimate of drug-likeness (QED) is 0.0805. The number of likely N-dealkylation sites (tertiary alicyclic amines) is 8. The number of rotatable bonds is 15. The van der Waals surface area contributed by atoms with Crippen LogP contribution in [0.5, 0.6) is 0 Å². The van der Waals surface area contributed by atoms with Gasteiger partial charge in [0.1, 0.15) is 0 Å². The molecule has 8 amide bonds. The number of nitrogens with zero attached hydrogens (tertiary/aromatic N) is 13. The first-order valence-electron chi connectivity index (χ1n) is 48.3. The third kappa shape index (κ3) is 23.1. The monoisotopic (exact) mass is 1980 g/mol. The summed E-state index contributed by atoms with van der Waals surface area (Å²) in [6.45, 7) is 21.9. The molecule has 31 heteroatoms. The van der Waals surface area contributed by atoms with Gasteiger partial charge in [0.25, 0.3) is 0 Å². The predicted molar refractivity (Wildman–Crippen MR) is 523 cm³/mol. The number of benzene rings is 3. The molecule has 712 valence electrons. The van der Waals surface area contributed by atoms with Crippen molar-refractivity contribution in [2.24, 2.45) is 58.8 Å². The summed E-state index contributed by atoms with van der Waals surface area (Å²) >= 11 is 35.6. The molecule has 3 aliphatic carbocycles. The molecule has 9 aliphatic heterocycles. The number of fused-ring (bicyclic) bond motifs is 6. The Kier molecular flexibility index (Phi) is 32.4. The molecule has 4 atom stereocenters. The fourth-order valence-corrected chi connectivity index (χ4v) is 25.0. The molecule has 0 spiro atoms. The van der Waals surface area contributed by atoms with Gasteiger partial charge in [0.15, 0.2) is 0 Å².